The first-order valence-corrected chi connectivity index (χ1v) is 6.91. The molecule has 0 unspecified atom stereocenters. The molecule has 0 saturated heterocycles. The first-order chi connectivity index (χ1) is 9.45. The number of amides is 2. The smallest absolute Gasteiger partial charge is 0.268 e. The summed E-state index contributed by atoms with van der Waals surface area (Å²) in [6, 6.07) is 5.28. The minimum absolute atomic E-state index is 0.0651. The quantitative estimate of drug-likeness (QED) is 0.870. The summed E-state index contributed by atoms with van der Waals surface area (Å²) >= 11 is 0. The van der Waals surface area contributed by atoms with Gasteiger partial charge < -0.3 is 15.4 Å². The number of benzene rings is 1. The number of ether oxygens (including phenoxy) is 1. The van der Waals surface area contributed by atoms with E-state index >= 15 is 0 Å². The van der Waals surface area contributed by atoms with Gasteiger partial charge in [0.25, 0.3) is 5.91 Å². The molecule has 0 radical (unpaired) electrons. The van der Waals surface area contributed by atoms with E-state index in [-0.39, 0.29) is 17.7 Å². The number of hydrogen-bond acceptors (Lipinski definition) is 3. The molecular weight excluding hydrogens is 256 g/mol. The Balaban J connectivity index is 1.79. The van der Waals surface area contributed by atoms with Crippen molar-refractivity contribution in [3.05, 3.63) is 18.2 Å². The van der Waals surface area contributed by atoms with E-state index in [1.165, 1.54) is 0 Å². The van der Waals surface area contributed by atoms with Gasteiger partial charge in [-0.05, 0) is 38.8 Å². The lowest BCUT2D eigenvalue weighted by atomic mass is 9.85. The molecule has 1 saturated carbocycles. The van der Waals surface area contributed by atoms with Crippen molar-refractivity contribution in [3.63, 3.8) is 0 Å². The third-order valence-electron chi connectivity index (χ3n) is 3.89. The Bertz CT molecular complexity index is 576. The van der Waals surface area contributed by atoms with Gasteiger partial charge in [-0.2, -0.15) is 0 Å². The first-order valence-electron chi connectivity index (χ1n) is 6.91. The molecule has 1 aromatic rings. The van der Waals surface area contributed by atoms with Crippen molar-refractivity contribution in [2.45, 2.75) is 38.7 Å². The first kappa shape index (κ1) is 13.0. The van der Waals surface area contributed by atoms with E-state index < -0.39 is 5.60 Å². The molecule has 106 valence electrons. The molecule has 2 N–H and O–H groups in total. The molecule has 5 nitrogen and oxygen atoms in total. The zero-order valence-electron chi connectivity index (χ0n) is 11.7. The maximum absolute atomic E-state index is 11.9. The van der Waals surface area contributed by atoms with E-state index in [0.29, 0.717) is 17.1 Å². The van der Waals surface area contributed by atoms with Crippen molar-refractivity contribution < 1.29 is 14.3 Å². The Morgan fingerprint density at radius 2 is 2.15 bits per heavy atom. The molecule has 1 heterocycles. The Hall–Kier alpha value is -2.04. The van der Waals surface area contributed by atoms with Crippen molar-refractivity contribution >= 4 is 23.2 Å². The highest BCUT2D eigenvalue weighted by molar-refractivity contribution is 6.01. The number of rotatable bonds is 2. The lowest BCUT2D eigenvalue weighted by Crippen LogP contribution is -2.45. The predicted octanol–water partition coefficient (Wildman–Crippen LogP) is 2.53. The molecule has 0 spiro atoms. The third kappa shape index (κ3) is 2.24. The average Bonchev–Trinajstić information content (AvgIpc) is 2.28. The van der Waals surface area contributed by atoms with Crippen LogP contribution in [0.5, 0.6) is 5.75 Å². The zero-order valence-corrected chi connectivity index (χ0v) is 11.7. The molecule has 20 heavy (non-hydrogen) atoms. The van der Waals surface area contributed by atoms with E-state index in [4.69, 9.17) is 4.74 Å². The molecular formula is C15H18N2O3. The predicted molar refractivity (Wildman–Crippen MR) is 75.7 cm³/mol. The Labute approximate surface area is 117 Å². The maximum atomic E-state index is 11.9. The van der Waals surface area contributed by atoms with Gasteiger partial charge in [-0.3, -0.25) is 9.59 Å². The number of carbonyl (C=O) groups is 2. The minimum Gasteiger partial charge on any atom is -0.476 e. The summed E-state index contributed by atoms with van der Waals surface area (Å²) in [4.78, 5) is 23.7. The molecule has 3 rings (SSSR count). The van der Waals surface area contributed by atoms with Crippen LogP contribution in [0.3, 0.4) is 0 Å². The van der Waals surface area contributed by atoms with Gasteiger partial charge in [0.1, 0.15) is 5.75 Å². The molecule has 0 aromatic heterocycles. The molecule has 1 aromatic carbocycles. The molecule has 2 amide bonds. The van der Waals surface area contributed by atoms with Crippen LogP contribution in [0.1, 0.15) is 33.1 Å². The number of carbonyl (C=O) groups excluding carboxylic acids is 2. The van der Waals surface area contributed by atoms with Gasteiger partial charge in [-0.15, -0.1) is 0 Å². The van der Waals surface area contributed by atoms with Crippen LogP contribution in [-0.2, 0) is 9.59 Å². The van der Waals surface area contributed by atoms with Gasteiger partial charge in [0.15, 0.2) is 5.60 Å². The zero-order chi connectivity index (χ0) is 14.3. The average molecular weight is 274 g/mol. The highest BCUT2D eigenvalue weighted by atomic mass is 16.5. The van der Waals surface area contributed by atoms with Crippen LogP contribution < -0.4 is 15.4 Å². The van der Waals surface area contributed by atoms with Crippen molar-refractivity contribution in [3.8, 4) is 5.75 Å². The lowest BCUT2D eigenvalue weighted by molar-refractivity contribution is -0.129. The van der Waals surface area contributed by atoms with Gasteiger partial charge in [-0.1, -0.05) is 6.42 Å². The summed E-state index contributed by atoms with van der Waals surface area (Å²) in [5.41, 5.74) is 0.437. The van der Waals surface area contributed by atoms with Crippen LogP contribution in [0.4, 0.5) is 11.4 Å². The lowest BCUT2D eigenvalue weighted by Gasteiger charge is -2.32. The van der Waals surface area contributed by atoms with Crippen LogP contribution in [-0.4, -0.2) is 17.4 Å². The summed E-state index contributed by atoms with van der Waals surface area (Å²) in [6.07, 6.45) is 3.07. The fourth-order valence-corrected chi connectivity index (χ4v) is 2.30. The minimum atomic E-state index is -0.899. The fraction of sp³-hybridized carbons (Fsp3) is 0.467. The molecule has 0 atom stereocenters. The van der Waals surface area contributed by atoms with E-state index in [1.54, 1.807) is 32.0 Å². The summed E-state index contributed by atoms with van der Waals surface area (Å²) in [5.74, 6) is 0.621. The van der Waals surface area contributed by atoms with Gasteiger partial charge in [-0.25, -0.2) is 0 Å². The largest absolute Gasteiger partial charge is 0.476 e. The molecule has 5 heteroatoms. The second-order valence-corrected chi connectivity index (χ2v) is 5.89. The third-order valence-corrected chi connectivity index (χ3v) is 3.89. The molecule has 1 fully saturated rings. The molecule has 2 aliphatic rings. The molecule has 0 bridgehead atoms. The second-order valence-electron chi connectivity index (χ2n) is 5.89. The van der Waals surface area contributed by atoms with Gasteiger partial charge in [0.05, 0.1) is 5.69 Å². The number of anilines is 2. The van der Waals surface area contributed by atoms with Crippen LogP contribution in [0.25, 0.3) is 0 Å². The SMILES string of the molecule is CC1(C)Oc2cc(NC(=O)C3CCC3)ccc2NC1=O. The van der Waals surface area contributed by atoms with Crippen LogP contribution in [0.2, 0.25) is 0 Å². The molecule has 1 aliphatic heterocycles. The highest BCUT2D eigenvalue weighted by Gasteiger charge is 2.35. The summed E-state index contributed by atoms with van der Waals surface area (Å²) in [6.45, 7) is 3.43. The number of fused-ring (bicyclic) bond motifs is 1. The van der Waals surface area contributed by atoms with Gasteiger partial charge >= 0.3 is 0 Å². The maximum Gasteiger partial charge on any atom is 0.268 e. The normalized spacial score (nSPS) is 20.2. The van der Waals surface area contributed by atoms with Crippen molar-refractivity contribution in [1.82, 2.24) is 0 Å². The van der Waals surface area contributed by atoms with Gasteiger partial charge in [0.2, 0.25) is 5.91 Å². The van der Waals surface area contributed by atoms with E-state index in [1.807, 2.05) is 0 Å². The topological polar surface area (TPSA) is 67.4 Å². The fourth-order valence-electron chi connectivity index (χ4n) is 2.30. The van der Waals surface area contributed by atoms with E-state index in [9.17, 15) is 9.59 Å². The monoisotopic (exact) mass is 274 g/mol. The van der Waals surface area contributed by atoms with Crippen molar-refractivity contribution in [2.24, 2.45) is 5.92 Å². The molecule has 1 aliphatic carbocycles. The Kier molecular flexibility index (Phi) is 2.92. The van der Waals surface area contributed by atoms with Crippen LogP contribution in [0.15, 0.2) is 18.2 Å². The summed E-state index contributed by atoms with van der Waals surface area (Å²) in [5, 5.41) is 5.70. The van der Waals surface area contributed by atoms with Gasteiger partial charge in [0, 0.05) is 17.7 Å². The van der Waals surface area contributed by atoms with Crippen LogP contribution >= 0.6 is 0 Å². The van der Waals surface area contributed by atoms with Crippen molar-refractivity contribution in [2.75, 3.05) is 10.6 Å². The summed E-state index contributed by atoms with van der Waals surface area (Å²) < 4.78 is 5.69. The van der Waals surface area contributed by atoms with Crippen molar-refractivity contribution in [1.29, 1.82) is 0 Å². The number of nitrogens with one attached hydrogen (secondary N) is 2. The standard InChI is InChI=1S/C15H18N2O3/c1-15(2)14(19)17-11-7-6-10(8-12(11)20-15)16-13(18)9-4-3-5-9/h6-9H,3-5H2,1-2H3,(H,16,18)(H,17,19). The van der Waals surface area contributed by atoms with Crippen LogP contribution in [0, 0.1) is 5.92 Å². The number of hydrogen-bond donors (Lipinski definition) is 2. The van der Waals surface area contributed by atoms with E-state index in [0.717, 1.165) is 19.3 Å². The highest BCUT2D eigenvalue weighted by Crippen LogP contribution is 2.36. The van der Waals surface area contributed by atoms with E-state index in [2.05, 4.69) is 10.6 Å². The Morgan fingerprint density at radius 1 is 1.40 bits per heavy atom. The summed E-state index contributed by atoms with van der Waals surface area (Å²) in [7, 11) is 0. The Morgan fingerprint density at radius 3 is 2.80 bits per heavy atom. The second kappa shape index (κ2) is 4.51.